The summed E-state index contributed by atoms with van der Waals surface area (Å²) in [5.74, 6) is -2.11. The third kappa shape index (κ3) is 2.61. The van der Waals surface area contributed by atoms with Gasteiger partial charge < -0.3 is 4.90 Å². The van der Waals surface area contributed by atoms with Gasteiger partial charge >= 0.3 is 0 Å². The molecule has 0 aromatic heterocycles. The number of carbonyl (C=O) groups is 1. The Balaban J connectivity index is 1.89. The number of likely N-dealkylation sites (tertiary alicyclic amines) is 1. The summed E-state index contributed by atoms with van der Waals surface area (Å²) in [5, 5.41) is 0. The number of carbonyl (C=O) groups excluding carboxylic acids is 1. The summed E-state index contributed by atoms with van der Waals surface area (Å²) in [7, 11) is 0. The van der Waals surface area contributed by atoms with Gasteiger partial charge in [-0.25, -0.2) is 8.78 Å². The molecule has 2 fully saturated rings. The van der Waals surface area contributed by atoms with Gasteiger partial charge in [-0.1, -0.05) is 13.8 Å². The Bertz CT molecular complexity index is 294. The number of nitrogens with zero attached hydrogens (tertiary/aromatic N) is 1. The van der Waals surface area contributed by atoms with Crippen LogP contribution in [-0.4, -0.2) is 29.3 Å². The highest BCUT2D eigenvalue weighted by molar-refractivity contribution is 5.80. The minimum atomic E-state index is -2.54. The normalized spacial score (nSPS) is 29.2. The van der Waals surface area contributed by atoms with Crippen molar-refractivity contribution in [3.05, 3.63) is 0 Å². The highest BCUT2D eigenvalue weighted by Crippen LogP contribution is 2.38. The molecule has 98 valence electrons. The third-order valence-electron chi connectivity index (χ3n) is 4.19. The third-order valence-corrected chi connectivity index (χ3v) is 4.19. The van der Waals surface area contributed by atoms with E-state index in [1.165, 1.54) is 0 Å². The highest BCUT2D eigenvalue weighted by atomic mass is 19.3. The molecule has 1 aliphatic carbocycles. The first-order chi connectivity index (χ1) is 7.91. The molecule has 17 heavy (non-hydrogen) atoms. The van der Waals surface area contributed by atoms with Crippen LogP contribution in [0.3, 0.4) is 0 Å². The van der Waals surface area contributed by atoms with Gasteiger partial charge in [0.05, 0.1) is 0 Å². The van der Waals surface area contributed by atoms with Crippen LogP contribution in [0.15, 0.2) is 0 Å². The lowest BCUT2D eigenvalue weighted by atomic mass is 9.83. The van der Waals surface area contributed by atoms with E-state index in [2.05, 4.69) is 13.8 Å². The van der Waals surface area contributed by atoms with Crippen molar-refractivity contribution in [2.45, 2.75) is 57.9 Å². The van der Waals surface area contributed by atoms with Crippen LogP contribution in [-0.2, 0) is 4.79 Å². The molecule has 1 unspecified atom stereocenters. The summed E-state index contributed by atoms with van der Waals surface area (Å²) in [6.07, 6.45) is 1.53. The van der Waals surface area contributed by atoms with Gasteiger partial charge in [0.1, 0.15) is 0 Å². The van der Waals surface area contributed by atoms with E-state index >= 15 is 0 Å². The Hall–Kier alpha value is -0.670. The van der Waals surface area contributed by atoms with Gasteiger partial charge in [-0.2, -0.15) is 0 Å². The molecule has 1 saturated heterocycles. The first kappa shape index (κ1) is 12.8. The van der Waals surface area contributed by atoms with Crippen LogP contribution in [0.4, 0.5) is 8.78 Å². The molecular weight excluding hydrogens is 224 g/mol. The highest BCUT2D eigenvalue weighted by Gasteiger charge is 2.42. The molecule has 0 aromatic rings. The fourth-order valence-corrected chi connectivity index (χ4v) is 2.90. The zero-order chi connectivity index (χ0) is 12.6. The second kappa shape index (κ2) is 4.54. The van der Waals surface area contributed by atoms with E-state index in [4.69, 9.17) is 0 Å². The maximum absolute atomic E-state index is 13.0. The lowest BCUT2D eigenvalue weighted by Gasteiger charge is -2.46. The van der Waals surface area contributed by atoms with Crippen LogP contribution < -0.4 is 0 Å². The first-order valence-electron chi connectivity index (χ1n) is 6.59. The molecule has 1 heterocycles. The van der Waals surface area contributed by atoms with Gasteiger partial charge in [-0.15, -0.1) is 0 Å². The maximum Gasteiger partial charge on any atom is 0.248 e. The molecule has 2 nitrogen and oxygen atoms in total. The van der Waals surface area contributed by atoms with E-state index in [9.17, 15) is 13.6 Å². The maximum atomic E-state index is 13.0. The van der Waals surface area contributed by atoms with Crippen molar-refractivity contribution in [2.24, 2.45) is 11.8 Å². The van der Waals surface area contributed by atoms with Gasteiger partial charge in [-0.05, 0) is 25.2 Å². The standard InChI is InChI=1S/C13H21F2NO/c1-9(2)11-5-8-16(11)12(17)10-3-6-13(14,15)7-4-10/h9-11H,3-8H2,1-2H3. The SMILES string of the molecule is CC(C)C1CCN1C(=O)C1CCC(F)(F)CC1. The number of halogens is 2. The van der Waals surface area contributed by atoms with Crippen molar-refractivity contribution < 1.29 is 13.6 Å². The van der Waals surface area contributed by atoms with E-state index in [0.717, 1.165) is 13.0 Å². The molecule has 1 aliphatic heterocycles. The molecule has 1 amide bonds. The van der Waals surface area contributed by atoms with E-state index in [0.29, 0.717) is 24.8 Å². The molecule has 0 spiro atoms. The Labute approximate surface area is 101 Å². The largest absolute Gasteiger partial charge is 0.339 e. The summed E-state index contributed by atoms with van der Waals surface area (Å²) in [5.41, 5.74) is 0. The van der Waals surface area contributed by atoms with E-state index < -0.39 is 5.92 Å². The molecule has 0 bridgehead atoms. The molecular formula is C13H21F2NO. The smallest absolute Gasteiger partial charge is 0.248 e. The van der Waals surface area contributed by atoms with Gasteiger partial charge in [-0.3, -0.25) is 4.79 Å². The number of rotatable bonds is 2. The predicted molar refractivity (Wildman–Crippen MR) is 61.9 cm³/mol. The average molecular weight is 245 g/mol. The van der Waals surface area contributed by atoms with Gasteiger partial charge in [0.15, 0.2) is 0 Å². The fraction of sp³-hybridized carbons (Fsp3) is 0.923. The fourth-order valence-electron chi connectivity index (χ4n) is 2.90. The van der Waals surface area contributed by atoms with Crippen LogP contribution in [0, 0.1) is 11.8 Å². The second-order valence-electron chi connectivity index (χ2n) is 5.76. The Morgan fingerprint density at radius 3 is 2.24 bits per heavy atom. The minimum Gasteiger partial charge on any atom is -0.339 e. The second-order valence-corrected chi connectivity index (χ2v) is 5.76. The Kier molecular flexibility index (Phi) is 3.41. The zero-order valence-electron chi connectivity index (χ0n) is 10.6. The average Bonchev–Trinajstić information content (AvgIpc) is 2.14. The van der Waals surface area contributed by atoms with E-state index in [-0.39, 0.29) is 24.7 Å². The van der Waals surface area contributed by atoms with Crippen LogP contribution in [0.25, 0.3) is 0 Å². The quantitative estimate of drug-likeness (QED) is 0.732. The predicted octanol–water partition coefficient (Wildman–Crippen LogP) is 3.07. The number of alkyl halides is 2. The van der Waals surface area contributed by atoms with Crippen molar-refractivity contribution in [3.63, 3.8) is 0 Å². The molecule has 2 rings (SSSR count). The number of hydrogen-bond acceptors (Lipinski definition) is 1. The van der Waals surface area contributed by atoms with Gasteiger partial charge in [0.2, 0.25) is 11.8 Å². The molecule has 0 N–H and O–H groups in total. The number of hydrogen-bond donors (Lipinski definition) is 0. The van der Waals surface area contributed by atoms with Crippen molar-refractivity contribution in [2.75, 3.05) is 6.54 Å². The lowest BCUT2D eigenvalue weighted by molar-refractivity contribution is -0.149. The summed E-state index contributed by atoms with van der Waals surface area (Å²) >= 11 is 0. The summed E-state index contributed by atoms with van der Waals surface area (Å²) in [6, 6.07) is 0.338. The summed E-state index contributed by atoms with van der Waals surface area (Å²) < 4.78 is 26.0. The van der Waals surface area contributed by atoms with Crippen LogP contribution in [0.2, 0.25) is 0 Å². The van der Waals surface area contributed by atoms with Crippen molar-refractivity contribution in [3.8, 4) is 0 Å². The lowest BCUT2D eigenvalue weighted by Crippen LogP contribution is -2.55. The van der Waals surface area contributed by atoms with Gasteiger partial charge in [0, 0.05) is 31.3 Å². The Morgan fingerprint density at radius 2 is 1.82 bits per heavy atom. The zero-order valence-corrected chi connectivity index (χ0v) is 10.6. The molecule has 1 saturated carbocycles. The molecule has 0 aromatic carbocycles. The Morgan fingerprint density at radius 1 is 1.24 bits per heavy atom. The summed E-state index contributed by atoms with van der Waals surface area (Å²) in [4.78, 5) is 14.1. The number of amides is 1. The molecule has 4 heteroatoms. The molecule has 1 atom stereocenters. The minimum absolute atomic E-state index is 0.116. The van der Waals surface area contributed by atoms with E-state index in [1.54, 1.807) is 0 Å². The molecule has 0 radical (unpaired) electrons. The van der Waals surface area contributed by atoms with E-state index in [1.807, 2.05) is 4.90 Å². The van der Waals surface area contributed by atoms with Crippen LogP contribution in [0.5, 0.6) is 0 Å². The van der Waals surface area contributed by atoms with Crippen molar-refractivity contribution >= 4 is 5.91 Å². The first-order valence-corrected chi connectivity index (χ1v) is 6.59. The topological polar surface area (TPSA) is 20.3 Å². The monoisotopic (exact) mass is 245 g/mol. The van der Waals surface area contributed by atoms with Crippen LogP contribution in [0.1, 0.15) is 46.0 Å². The van der Waals surface area contributed by atoms with Crippen LogP contribution >= 0.6 is 0 Å². The summed E-state index contributed by atoms with van der Waals surface area (Å²) in [6.45, 7) is 5.03. The van der Waals surface area contributed by atoms with Crippen molar-refractivity contribution in [1.82, 2.24) is 4.90 Å². The van der Waals surface area contributed by atoms with Crippen molar-refractivity contribution in [1.29, 1.82) is 0 Å². The van der Waals surface area contributed by atoms with Gasteiger partial charge in [0.25, 0.3) is 0 Å². The molecule has 2 aliphatic rings.